The van der Waals surface area contributed by atoms with Crippen LogP contribution < -0.4 is 16.2 Å². The lowest BCUT2D eigenvalue weighted by Gasteiger charge is -2.34. The zero-order valence-corrected chi connectivity index (χ0v) is 21.6. The number of benzene rings is 1. The molecule has 2 aromatic rings. The molecule has 0 aliphatic carbocycles. The van der Waals surface area contributed by atoms with Crippen molar-refractivity contribution in [2.24, 2.45) is 18.7 Å². The zero-order chi connectivity index (χ0) is 25.1. The highest BCUT2D eigenvalue weighted by Gasteiger charge is 2.33. The number of nitrogens with zero attached hydrogens (tertiary/aromatic N) is 3. The maximum Gasteiger partial charge on any atom is 0.266 e. The number of anilines is 1. The largest absolute Gasteiger partial charge is 0.382 e. The van der Waals surface area contributed by atoms with Crippen LogP contribution >= 0.6 is 24.0 Å². The average Bonchev–Trinajstić information content (AvgIpc) is 3.12. The van der Waals surface area contributed by atoms with E-state index in [1.54, 1.807) is 22.6 Å². The number of aryl methyl sites for hydroxylation is 1. The Morgan fingerprint density at radius 3 is 2.66 bits per heavy atom. The lowest BCUT2D eigenvalue weighted by molar-refractivity contribution is -0.123. The number of primary amides is 1. The number of hydrogen-bond donors (Lipinski definition) is 1. The van der Waals surface area contributed by atoms with Gasteiger partial charge < -0.3 is 19.9 Å². The van der Waals surface area contributed by atoms with E-state index in [0.717, 1.165) is 16.6 Å². The number of ether oxygens (including phenoxy) is 1. The summed E-state index contributed by atoms with van der Waals surface area (Å²) in [6.07, 6.45) is 3.62. The van der Waals surface area contributed by atoms with E-state index in [-0.39, 0.29) is 23.3 Å². The third-order valence-electron chi connectivity index (χ3n) is 6.55. The fourth-order valence-electron chi connectivity index (χ4n) is 4.65. The van der Waals surface area contributed by atoms with Gasteiger partial charge in [0.25, 0.3) is 11.5 Å². The molecule has 35 heavy (non-hydrogen) atoms. The molecule has 0 spiro atoms. The maximum absolute atomic E-state index is 13.6. The van der Waals surface area contributed by atoms with Crippen LogP contribution in [-0.2, 0) is 21.4 Å². The highest BCUT2D eigenvalue weighted by Crippen LogP contribution is 2.37. The first kappa shape index (κ1) is 25.4. The van der Waals surface area contributed by atoms with Gasteiger partial charge >= 0.3 is 0 Å². The molecule has 2 amide bonds. The molecule has 1 aromatic heterocycles. The second-order valence-electron chi connectivity index (χ2n) is 8.69. The summed E-state index contributed by atoms with van der Waals surface area (Å²) in [7, 11) is 1.74. The maximum atomic E-state index is 13.6. The van der Waals surface area contributed by atoms with Crippen molar-refractivity contribution in [3.05, 3.63) is 45.1 Å². The Morgan fingerprint density at radius 2 is 1.97 bits per heavy atom. The Bertz CT molecular complexity index is 1250. The predicted molar refractivity (Wildman–Crippen MR) is 144 cm³/mol. The van der Waals surface area contributed by atoms with E-state index in [1.807, 2.05) is 31.2 Å². The number of carbonyl (C=O) groups excluding carboxylic acids is 2. The van der Waals surface area contributed by atoms with Crippen molar-refractivity contribution in [1.82, 2.24) is 9.47 Å². The van der Waals surface area contributed by atoms with Crippen molar-refractivity contribution in [3.63, 3.8) is 0 Å². The molecule has 1 aromatic carbocycles. The second kappa shape index (κ2) is 10.9. The summed E-state index contributed by atoms with van der Waals surface area (Å²) >= 11 is 6.69. The minimum absolute atomic E-state index is 0.166. The van der Waals surface area contributed by atoms with Crippen LogP contribution in [0.2, 0.25) is 0 Å². The standard InChI is InChI=1S/C25H30N4O4S2/c1-3-33-14-6-11-29-24(32)20(35-25(29)34)15-18-21(28-12-9-16(10-13-28)22(26)30)17-7-4-5-8-19(17)27(2)23(18)31/h4-5,7-8,15-16H,3,6,9-14H2,1-2H3,(H2,26,30). The number of para-hydroxylation sites is 1. The van der Waals surface area contributed by atoms with E-state index in [4.69, 9.17) is 22.7 Å². The fourth-order valence-corrected chi connectivity index (χ4v) is 5.94. The van der Waals surface area contributed by atoms with Gasteiger partial charge in [-0.2, -0.15) is 0 Å². The van der Waals surface area contributed by atoms with Crippen LogP contribution in [0.3, 0.4) is 0 Å². The summed E-state index contributed by atoms with van der Waals surface area (Å²) in [4.78, 5) is 42.6. The first-order chi connectivity index (χ1) is 16.8. The highest BCUT2D eigenvalue weighted by molar-refractivity contribution is 8.26. The number of aromatic nitrogens is 1. The van der Waals surface area contributed by atoms with Gasteiger partial charge in [0.1, 0.15) is 4.32 Å². The average molecular weight is 515 g/mol. The van der Waals surface area contributed by atoms with E-state index in [2.05, 4.69) is 4.90 Å². The number of piperidine rings is 1. The molecule has 2 saturated heterocycles. The Labute approximate surface area is 214 Å². The molecule has 0 radical (unpaired) electrons. The summed E-state index contributed by atoms with van der Waals surface area (Å²) in [5.41, 5.74) is 7.40. The van der Waals surface area contributed by atoms with Gasteiger partial charge in [0, 0.05) is 51.2 Å². The Hall–Kier alpha value is -2.69. The molecular weight excluding hydrogens is 484 g/mol. The minimum atomic E-state index is -0.285. The monoisotopic (exact) mass is 514 g/mol. The quantitative estimate of drug-likeness (QED) is 0.329. The fraction of sp³-hybridized carbons (Fsp3) is 0.440. The van der Waals surface area contributed by atoms with Crippen LogP contribution in [0.25, 0.3) is 17.0 Å². The molecule has 10 heteroatoms. The number of carbonyl (C=O) groups is 2. The van der Waals surface area contributed by atoms with E-state index in [1.165, 1.54) is 11.8 Å². The smallest absolute Gasteiger partial charge is 0.266 e. The molecule has 3 heterocycles. The second-order valence-corrected chi connectivity index (χ2v) is 10.4. The molecule has 0 atom stereocenters. The van der Waals surface area contributed by atoms with Crippen molar-refractivity contribution in [3.8, 4) is 0 Å². The summed E-state index contributed by atoms with van der Waals surface area (Å²) < 4.78 is 7.48. The van der Waals surface area contributed by atoms with Gasteiger partial charge in [-0.15, -0.1) is 0 Å². The number of pyridine rings is 1. The van der Waals surface area contributed by atoms with Crippen LogP contribution in [-0.4, -0.2) is 58.4 Å². The third kappa shape index (κ3) is 5.14. The van der Waals surface area contributed by atoms with Crippen molar-refractivity contribution in [1.29, 1.82) is 0 Å². The number of nitrogens with two attached hydrogens (primary N) is 1. The van der Waals surface area contributed by atoms with E-state index in [9.17, 15) is 14.4 Å². The van der Waals surface area contributed by atoms with Crippen LogP contribution in [0.1, 0.15) is 31.7 Å². The number of rotatable bonds is 8. The third-order valence-corrected chi connectivity index (χ3v) is 7.93. The number of fused-ring (bicyclic) bond motifs is 1. The number of hydrogen-bond acceptors (Lipinski definition) is 7. The first-order valence-electron chi connectivity index (χ1n) is 11.8. The Morgan fingerprint density at radius 1 is 1.26 bits per heavy atom. The molecule has 2 fully saturated rings. The van der Waals surface area contributed by atoms with Gasteiger partial charge in [0.05, 0.1) is 21.7 Å². The van der Waals surface area contributed by atoms with Crippen molar-refractivity contribution in [2.45, 2.75) is 26.2 Å². The molecule has 8 nitrogen and oxygen atoms in total. The molecule has 186 valence electrons. The summed E-state index contributed by atoms with van der Waals surface area (Å²) in [6, 6.07) is 7.74. The molecule has 2 aliphatic heterocycles. The molecular formula is C25H30N4O4S2. The number of amides is 2. The van der Waals surface area contributed by atoms with Crippen LogP contribution in [0.4, 0.5) is 5.69 Å². The summed E-state index contributed by atoms with van der Waals surface area (Å²) in [5, 5.41) is 0.922. The normalized spacial score (nSPS) is 18.3. The van der Waals surface area contributed by atoms with E-state index < -0.39 is 0 Å². The van der Waals surface area contributed by atoms with Crippen LogP contribution in [0, 0.1) is 5.92 Å². The molecule has 0 unspecified atom stereocenters. The van der Waals surface area contributed by atoms with Crippen molar-refractivity contribution < 1.29 is 14.3 Å². The van der Waals surface area contributed by atoms with Gasteiger partial charge in [-0.05, 0) is 38.3 Å². The number of thiocarbonyl (C=S) groups is 1. The van der Waals surface area contributed by atoms with E-state index in [0.29, 0.717) is 66.9 Å². The van der Waals surface area contributed by atoms with Gasteiger partial charge in [0.2, 0.25) is 5.91 Å². The topological polar surface area (TPSA) is 97.9 Å². The van der Waals surface area contributed by atoms with Gasteiger partial charge in [-0.1, -0.05) is 42.2 Å². The molecule has 4 rings (SSSR count). The van der Waals surface area contributed by atoms with Crippen molar-refractivity contribution in [2.75, 3.05) is 37.7 Å². The summed E-state index contributed by atoms with van der Waals surface area (Å²) in [5.74, 6) is -0.641. The Balaban J connectivity index is 1.74. The molecule has 0 saturated carbocycles. The van der Waals surface area contributed by atoms with Gasteiger partial charge in [0.15, 0.2) is 0 Å². The number of thioether (sulfide) groups is 1. The molecule has 2 N–H and O–H groups in total. The molecule has 2 aliphatic rings. The van der Waals surface area contributed by atoms with Crippen LogP contribution in [0.15, 0.2) is 34.0 Å². The summed E-state index contributed by atoms with van der Waals surface area (Å²) in [6.45, 7) is 4.80. The van der Waals surface area contributed by atoms with Crippen LogP contribution in [0.5, 0.6) is 0 Å². The van der Waals surface area contributed by atoms with Crippen molar-refractivity contribution >= 4 is 62.8 Å². The predicted octanol–water partition coefficient (Wildman–Crippen LogP) is 2.87. The minimum Gasteiger partial charge on any atom is -0.382 e. The lowest BCUT2D eigenvalue weighted by atomic mass is 9.94. The van der Waals surface area contributed by atoms with Gasteiger partial charge in [-0.3, -0.25) is 19.3 Å². The lowest BCUT2D eigenvalue weighted by Crippen LogP contribution is -2.40. The Kier molecular flexibility index (Phi) is 7.93. The zero-order valence-electron chi connectivity index (χ0n) is 20.0. The molecule has 0 bridgehead atoms. The first-order valence-corrected chi connectivity index (χ1v) is 13.0. The van der Waals surface area contributed by atoms with E-state index >= 15 is 0 Å². The SMILES string of the molecule is CCOCCCN1C(=O)C(=Cc2c(N3CCC(C(N)=O)CC3)c3ccccc3n(C)c2=O)SC1=S. The van der Waals surface area contributed by atoms with Gasteiger partial charge in [-0.25, -0.2) is 0 Å². The highest BCUT2D eigenvalue weighted by atomic mass is 32.2.